The van der Waals surface area contributed by atoms with Gasteiger partial charge >= 0.3 is 0 Å². The topological polar surface area (TPSA) is 197 Å². The Morgan fingerprint density at radius 2 is 1.35 bits per heavy atom. The van der Waals surface area contributed by atoms with Crippen LogP contribution >= 0.6 is 0 Å². The van der Waals surface area contributed by atoms with Gasteiger partial charge in [-0.15, -0.1) is 0 Å². The van der Waals surface area contributed by atoms with Crippen molar-refractivity contribution in [1.82, 2.24) is 14.5 Å². The summed E-state index contributed by atoms with van der Waals surface area (Å²) in [6.45, 7) is 0.241. The van der Waals surface area contributed by atoms with Gasteiger partial charge in [0.05, 0.1) is 23.0 Å². The standard InChI is InChI=1S/C19H27N9O3/c1-27-10-12(8-13(27)18(30)24-6-5-16(22)23)26-19(31)14-7-11(9-28(14)2)25-17(29)4-3-15(20)21/h7-10H,3-6H2,1-2H3,(H3,20,21)(H3,22,23)(H,24,30)(H,25,29)(H,26,31). The first-order valence-electron chi connectivity index (χ1n) is 9.44. The van der Waals surface area contributed by atoms with Crippen LogP contribution in [0, 0.1) is 10.8 Å². The summed E-state index contributed by atoms with van der Waals surface area (Å²) in [5.74, 6) is -1.16. The lowest BCUT2D eigenvalue weighted by atomic mass is 10.2. The molecule has 2 aromatic heterocycles. The molecule has 0 aliphatic heterocycles. The summed E-state index contributed by atoms with van der Waals surface area (Å²) in [7, 11) is 3.34. The van der Waals surface area contributed by atoms with E-state index in [9.17, 15) is 14.4 Å². The van der Waals surface area contributed by atoms with E-state index in [4.69, 9.17) is 22.3 Å². The predicted molar refractivity (Wildman–Crippen MR) is 117 cm³/mol. The SMILES string of the molecule is Cn1cc(NC(=O)c2cc(NC(=O)CCC(=N)N)cn2C)cc1C(=O)NCCC(=N)N. The summed E-state index contributed by atoms with van der Waals surface area (Å²) < 4.78 is 3.14. The molecule has 12 heteroatoms. The van der Waals surface area contributed by atoms with Gasteiger partial charge in [0.15, 0.2) is 0 Å². The van der Waals surface area contributed by atoms with Gasteiger partial charge in [0.1, 0.15) is 11.4 Å². The van der Waals surface area contributed by atoms with Crippen LogP contribution in [0.3, 0.4) is 0 Å². The van der Waals surface area contributed by atoms with Crippen molar-refractivity contribution >= 4 is 40.8 Å². The van der Waals surface area contributed by atoms with Crippen LogP contribution < -0.4 is 27.4 Å². The van der Waals surface area contributed by atoms with E-state index >= 15 is 0 Å². The van der Waals surface area contributed by atoms with Crippen molar-refractivity contribution in [3.05, 3.63) is 35.9 Å². The lowest BCUT2D eigenvalue weighted by molar-refractivity contribution is -0.116. The maximum Gasteiger partial charge on any atom is 0.272 e. The summed E-state index contributed by atoms with van der Waals surface area (Å²) in [5.41, 5.74) is 12.0. The van der Waals surface area contributed by atoms with Gasteiger partial charge in [-0.25, -0.2) is 0 Å². The van der Waals surface area contributed by atoms with Crippen LogP contribution in [-0.2, 0) is 18.9 Å². The lowest BCUT2D eigenvalue weighted by Crippen LogP contribution is -2.28. The van der Waals surface area contributed by atoms with Gasteiger partial charge in [-0.1, -0.05) is 0 Å². The van der Waals surface area contributed by atoms with Gasteiger partial charge in [0.25, 0.3) is 11.8 Å². The first kappa shape index (κ1) is 23.2. The summed E-state index contributed by atoms with van der Waals surface area (Å²) in [6.07, 6.45) is 3.68. The number of nitrogens with zero attached hydrogens (tertiary/aromatic N) is 2. The fourth-order valence-electron chi connectivity index (χ4n) is 2.79. The number of carbonyl (C=O) groups is 3. The third-order valence-electron chi connectivity index (χ3n) is 4.32. The number of aryl methyl sites for hydroxylation is 2. The fourth-order valence-corrected chi connectivity index (χ4v) is 2.79. The smallest absolute Gasteiger partial charge is 0.272 e. The highest BCUT2D eigenvalue weighted by atomic mass is 16.2. The zero-order chi connectivity index (χ0) is 23.1. The number of carbonyl (C=O) groups excluding carboxylic acids is 3. The molecule has 0 saturated heterocycles. The van der Waals surface area contributed by atoms with Crippen molar-refractivity contribution in [3.63, 3.8) is 0 Å². The molecule has 12 nitrogen and oxygen atoms in total. The van der Waals surface area contributed by atoms with Crippen molar-refractivity contribution in [2.24, 2.45) is 25.6 Å². The molecule has 31 heavy (non-hydrogen) atoms. The first-order valence-corrected chi connectivity index (χ1v) is 9.44. The highest BCUT2D eigenvalue weighted by Gasteiger charge is 2.17. The molecular formula is C19H27N9O3. The molecule has 0 radical (unpaired) electrons. The predicted octanol–water partition coefficient (Wildman–Crippen LogP) is 0.326. The molecule has 0 aliphatic rings. The highest BCUT2D eigenvalue weighted by Crippen LogP contribution is 2.17. The molecule has 0 unspecified atom stereocenters. The molecule has 2 rings (SSSR count). The fraction of sp³-hybridized carbons (Fsp3) is 0.316. The van der Waals surface area contributed by atoms with Gasteiger partial charge in [0, 0.05) is 52.3 Å². The number of hydrogen-bond donors (Lipinski definition) is 7. The Morgan fingerprint density at radius 3 is 1.90 bits per heavy atom. The van der Waals surface area contributed by atoms with Crippen molar-refractivity contribution in [1.29, 1.82) is 10.8 Å². The van der Waals surface area contributed by atoms with Crippen molar-refractivity contribution in [3.8, 4) is 0 Å². The Kier molecular flexibility index (Phi) is 7.55. The number of rotatable bonds is 10. The van der Waals surface area contributed by atoms with Gasteiger partial charge in [-0.3, -0.25) is 25.2 Å². The third-order valence-corrected chi connectivity index (χ3v) is 4.32. The summed E-state index contributed by atoms with van der Waals surface area (Å²) in [6, 6.07) is 3.06. The van der Waals surface area contributed by atoms with E-state index < -0.39 is 5.91 Å². The van der Waals surface area contributed by atoms with Crippen molar-refractivity contribution in [2.75, 3.05) is 17.2 Å². The Hall–Kier alpha value is -4.09. The molecular weight excluding hydrogens is 402 g/mol. The molecule has 0 bridgehead atoms. The maximum atomic E-state index is 12.6. The molecule has 0 saturated carbocycles. The number of aromatic nitrogens is 2. The van der Waals surface area contributed by atoms with E-state index in [0.717, 1.165) is 0 Å². The summed E-state index contributed by atoms with van der Waals surface area (Å²) >= 11 is 0. The quantitative estimate of drug-likeness (QED) is 0.210. The number of amidine groups is 2. The van der Waals surface area contributed by atoms with E-state index in [1.54, 1.807) is 35.6 Å². The van der Waals surface area contributed by atoms with Crippen LogP contribution in [0.1, 0.15) is 40.2 Å². The summed E-state index contributed by atoms with van der Waals surface area (Å²) in [5, 5.41) is 22.4. The van der Waals surface area contributed by atoms with Crippen LogP contribution in [0.15, 0.2) is 24.5 Å². The number of anilines is 2. The third kappa shape index (κ3) is 6.73. The summed E-state index contributed by atoms with van der Waals surface area (Å²) in [4.78, 5) is 36.8. The number of nitrogens with one attached hydrogen (secondary N) is 5. The Balaban J connectivity index is 2.01. The van der Waals surface area contributed by atoms with Crippen LogP contribution in [0.2, 0.25) is 0 Å². The monoisotopic (exact) mass is 429 g/mol. The Bertz CT molecular complexity index is 1020. The maximum absolute atomic E-state index is 12.6. The minimum absolute atomic E-state index is 0.0166. The van der Waals surface area contributed by atoms with E-state index in [0.29, 0.717) is 22.8 Å². The average Bonchev–Trinajstić information content (AvgIpc) is 3.21. The minimum atomic E-state index is -0.416. The molecule has 0 spiro atoms. The molecule has 0 aliphatic carbocycles. The van der Waals surface area contributed by atoms with Crippen LogP contribution in [-0.4, -0.2) is 45.1 Å². The largest absolute Gasteiger partial charge is 0.388 e. The van der Waals surface area contributed by atoms with Gasteiger partial charge in [0.2, 0.25) is 5.91 Å². The normalized spacial score (nSPS) is 10.4. The first-order chi connectivity index (χ1) is 14.6. The molecule has 2 heterocycles. The lowest BCUT2D eigenvalue weighted by Gasteiger charge is -2.04. The Labute approximate surface area is 179 Å². The van der Waals surface area contributed by atoms with Crippen LogP contribution in [0.5, 0.6) is 0 Å². The second-order valence-electron chi connectivity index (χ2n) is 7.01. The number of amides is 3. The zero-order valence-corrected chi connectivity index (χ0v) is 17.4. The van der Waals surface area contributed by atoms with E-state index in [1.165, 1.54) is 12.1 Å². The van der Waals surface area contributed by atoms with E-state index in [-0.39, 0.29) is 49.3 Å². The van der Waals surface area contributed by atoms with Crippen LogP contribution in [0.25, 0.3) is 0 Å². The second kappa shape index (κ2) is 10.1. The molecule has 0 fully saturated rings. The average molecular weight is 429 g/mol. The molecule has 0 aromatic carbocycles. The Morgan fingerprint density at radius 1 is 0.839 bits per heavy atom. The molecule has 3 amide bonds. The van der Waals surface area contributed by atoms with E-state index in [1.807, 2.05) is 0 Å². The van der Waals surface area contributed by atoms with Gasteiger partial charge in [-0.05, 0) is 12.1 Å². The van der Waals surface area contributed by atoms with E-state index in [2.05, 4.69) is 16.0 Å². The van der Waals surface area contributed by atoms with Gasteiger partial charge < -0.3 is 36.6 Å². The highest BCUT2D eigenvalue weighted by molar-refractivity contribution is 6.05. The molecule has 0 atom stereocenters. The minimum Gasteiger partial charge on any atom is -0.388 e. The van der Waals surface area contributed by atoms with Gasteiger partial charge in [-0.2, -0.15) is 0 Å². The molecule has 2 aromatic rings. The second-order valence-corrected chi connectivity index (χ2v) is 7.01. The van der Waals surface area contributed by atoms with Crippen LogP contribution in [0.4, 0.5) is 11.4 Å². The molecule has 9 N–H and O–H groups in total. The van der Waals surface area contributed by atoms with Crippen molar-refractivity contribution in [2.45, 2.75) is 19.3 Å². The van der Waals surface area contributed by atoms with Crippen molar-refractivity contribution < 1.29 is 14.4 Å². The zero-order valence-electron chi connectivity index (χ0n) is 17.4. The number of nitrogens with two attached hydrogens (primary N) is 2. The molecule has 166 valence electrons. The number of hydrogen-bond acceptors (Lipinski definition) is 5.